The summed E-state index contributed by atoms with van der Waals surface area (Å²) in [6.07, 6.45) is 3.38. The molecule has 0 aliphatic heterocycles. The maximum atomic E-state index is 9.28. The Morgan fingerprint density at radius 1 is 1.27 bits per heavy atom. The van der Waals surface area contributed by atoms with Gasteiger partial charge in [-0.2, -0.15) is 0 Å². The number of halogens is 1. The summed E-state index contributed by atoms with van der Waals surface area (Å²) < 4.78 is 0. The Morgan fingerprint density at radius 3 is 2.40 bits per heavy atom. The van der Waals surface area contributed by atoms with Gasteiger partial charge in [0.05, 0.1) is 6.61 Å². The molecule has 0 spiro atoms. The third-order valence-corrected chi connectivity index (χ3v) is 3.45. The predicted molar refractivity (Wildman–Crippen MR) is 62.0 cm³/mol. The summed E-state index contributed by atoms with van der Waals surface area (Å²) in [6.45, 7) is 1.04. The molecule has 1 fully saturated rings. The zero-order chi connectivity index (χ0) is 10.7. The first-order valence-corrected chi connectivity index (χ1v) is 5.72. The minimum Gasteiger partial charge on any atom is -0.394 e. The van der Waals surface area contributed by atoms with E-state index in [-0.39, 0.29) is 12.1 Å². The van der Waals surface area contributed by atoms with E-state index < -0.39 is 0 Å². The third kappa shape index (κ3) is 2.51. The number of hydrogen-bond donors (Lipinski definition) is 2. The molecule has 82 valence electrons. The van der Waals surface area contributed by atoms with E-state index in [0.717, 1.165) is 24.4 Å². The van der Waals surface area contributed by atoms with Gasteiger partial charge in [0, 0.05) is 17.1 Å². The van der Waals surface area contributed by atoms with Crippen molar-refractivity contribution in [2.45, 2.75) is 31.3 Å². The molecule has 1 aliphatic carbocycles. The van der Waals surface area contributed by atoms with Crippen LogP contribution in [-0.2, 0) is 6.54 Å². The predicted octanol–water partition coefficient (Wildman–Crippen LogP) is 2.34. The summed E-state index contributed by atoms with van der Waals surface area (Å²) in [5.41, 5.74) is 1.19. The van der Waals surface area contributed by atoms with E-state index in [0.29, 0.717) is 0 Å². The van der Waals surface area contributed by atoms with Crippen LogP contribution >= 0.6 is 11.6 Å². The lowest BCUT2D eigenvalue weighted by Gasteiger charge is -2.41. The fourth-order valence-electron chi connectivity index (χ4n) is 1.89. The summed E-state index contributed by atoms with van der Waals surface area (Å²) in [7, 11) is 0. The number of aliphatic hydroxyl groups excluding tert-OH is 1. The molecular weight excluding hydrogens is 210 g/mol. The summed E-state index contributed by atoms with van der Waals surface area (Å²) in [6, 6.07) is 7.81. The maximum Gasteiger partial charge on any atom is 0.0613 e. The van der Waals surface area contributed by atoms with E-state index >= 15 is 0 Å². The monoisotopic (exact) mass is 225 g/mol. The second-order valence-electron chi connectivity index (χ2n) is 4.27. The Balaban J connectivity index is 1.90. The topological polar surface area (TPSA) is 32.3 Å². The number of aliphatic hydroxyl groups is 1. The van der Waals surface area contributed by atoms with Crippen molar-refractivity contribution < 1.29 is 5.11 Å². The molecule has 1 aliphatic rings. The molecule has 0 aromatic heterocycles. The first kappa shape index (κ1) is 10.9. The van der Waals surface area contributed by atoms with Crippen molar-refractivity contribution in [1.29, 1.82) is 0 Å². The van der Waals surface area contributed by atoms with E-state index in [1.54, 1.807) is 0 Å². The van der Waals surface area contributed by atoms with E-state index in [2.05, 4.69) is 5.32 Å². The van der Waals surface area contributed by atoms with Crippen LogP contribution in [0, 0.1) is 0 Å². The van der Waals surface area contributed by atoms with Gasteiger partial charge in [-0.25, -0.2) is 0 Å². The Kier molecular flexibility index (Phi) is 3.29. The van der Waals surface area contributed by atoms with Crippen LogP contribution in [0.15, 0.2) is 24.3 Å². The van der Waals surface area contributed by atoms with Gasteiger partial charge in [0.25, 0.3) is 0 Å². The smallest absolute Gasteiger partial charge is 0.0613 e. The lowest BCUT2D eigenvalue weighted by Crippen LogP contribution is -2.53. The van der Waals surface area contributed by atoms with Gasteiger partial charge in [0.2, 0.25) is 0 Å². The zero-order valence-corrected chi connectivity index (χ0v) is 9.43. The van der Waals surface area contributed by atoms with Crippen LogP contribution in [-0.4, -0.2) is 17.3 Å². The van der Waals surface area contributed by atoms with Gasteiger partial charge < -0.3 is 10.4 Å². The van der Waals surface area contributed by atoms with Crippen LogP contribution in [0.2, 0.25) is 5.02 Å². The van der Waals surface area contributed by atoms with Crippen molar-refractivity contribution in [2.24, 2.45) is 0 Å². The van der Waals surface area contributed by atoms with E-state index in [4.69, 9.17) is 11.6 Å². The third-order valence-electron chi connectivity index (χ3n) is 3.19. The lowest BCUT2D eigenvalue weighted by molar-refractivity contribution is 0.0872. The van der Waals surface area contributed by atoms with Crippen molar-refractivity contribution in [3.8, 4) is 0 Å². The van der Waals surface area contributed by atoms with Gasteiger partial charge in [-0.05, 0) is 37.0 Å². The summed E-state index contributed by atoms with van der Waals surface area (Å²) >= 11 is 5.81. The molecule has 0 amide bonds. The number of rotatable bonds is 4. The molecule has 0 bridgehead atoms. The molecule has 0 saturated heterocycles. The van der Waals surface area contributed by atoms with Crippen LogP contribution in [0.1, 0.15) is 24.8 Å². The second-order valence-corrected chi connectivity index (χ2v) is 4.71. The standard InChI is InChI=1S/C12H16ClNO/c13-11-4-2-10(3-5-11)8-14-12(9-15)6-1-7-12/h2-5,14-15H,1,6-9H2. The minimum absolute atomic E-state index is 0.0142. The zero-order valence-electron chi connectivity index (χ0n) is 8.67. The summed E-state index contributed by atoms with van der Waals surface area (Å²) in [5, 5.41) is 13.5. The van der Waals surface area contributed by atoms with E-state index in [1.165, 1.54) is 12.0 Å². The van der Waals surface area contributed by atoms with Crippen LogP contribution in [0.25, 0.3) is 0 Å². The van der Waals surface area contributed by atoms with Crippen molar-refractivity contribution in [2.75, 3.05) is 6.61 Å². The molecule has 1 aromatic carbocycles. The van der Waals surface area contributed by atoms with Gasteiger partial charge >= 0.3 is 0 Å². The highest BCUT2D eigenvalue weighted by Gasteiger charge is 2.35. The first-order valence-electron chi connectivity index (χ1n) is 5.34. The van der Waals surface area contributed by atoms with Crippen molar-refractivity contribution in [3.63, 3.8) is 0 Å². The first-order chi connectivity index (χ1) is 7.24. The Bertz CT molecular complexity index is 313. The number of nitrogens with one attached hydrogen (secondary N) is 1. The molecule has 0 atom stereocenters. The Morgan fingerprint density at radius 2 is 1.93 bits per heavy atom. The van der Waals surface area contributed by atoms with Gasteiger partial charge in [-0.15, -0.1) is 0 Å². The van der Waals surface area contributed by atoms with Crippen molar-refractivity contribution >= 4 is 11.6 Å². The fourth-order valence-corrected chi connectivity index (χ4v) is 2.01. The van der Waals surface area contributed by atoms with Crippen molar-refractivity contribution in [1.82, 2.24) is 5.32 Å². The van der Waals surface area contributed by atoms with Crippen LogP contribution < -0.4 is 5.32 Å². The van der Waals surface area contributed by atoms with Crippen LogP contribution in [0.5, 0.6) is 0 Å². The van der Waals surface area contributed by atoms with E-state index in [9.17, 15) is 5.11 Å². The van der Waals surface area contributed by atoms with Crippen LogP contribution in [0.4, 0.5) is 0 Å². The molecule has 1 aromatic rings. The molecule has 2 rings (SSSR count). The maximum absolute atomic E-state index is 9.28. The average Bonchev–Trinajstić information content (AvgIpc) is 2.20. The highest BCUT2D eigenvalue weighted by Crippen LogP contribution is 2.31. The average molecular weight is 226 g/mol. The Hall–Kier alpha value is -0.570. The van der Waals surface area contributed by atoms with E-state index in [1.807, 2.05) is 24.3 Å². The van der Waals surface area contributed by atoms with Gasteiger partial charge in [0.15, 0.2) is 0 Å². The highest BCUT2D eigenvalue weighted by molar-refractivity contribution is 6.30. The fraction of sp³-hybridized carbons (Fsp3) is 0.500. The largest absolute Gasteiger partial charge is 0.394 e. The molecule has 3 heteroatoms. The van der Waals surface area contributed by atoms with Gasteiger partial charge in [-0.1, -0.05) is 23.7 Å². The number of hydrogen-bond acceptors (Lipinski definition) is 2. The molecule has 0 heterocycles. The molecule has 2 N–H and O–H groups in total. The summed E-state index contributed by atoms with van der Waals surface area (Å²) in [4.78, 5) is 0. The van der Waals surface area contributed by atoms with Gasteiger partial charge in [0.1, 0.15) is 0 Å². The van der Waals surface area contributed by atoms with Crippen LogP contribution in [0.3, 0.4) is 0 Å². The highest BCUT2D eigenvalue weighted by atomic mass is 35.5. The normalized spacial score (nSPS) is 18.5. The second kappa shape index (κ2) is 4.52. The molecule has 1 saturated carbocycles. The van der Waals surface area contributed by atoms with Crippen molar-refractivity contribution in [3.05, 3.63) is 34.9 Å². The SMILES string of the molecule is OCC1(NCc2ccc(Cl)cc2)CCC1. The molecule has 0 unspecified atom stereocenters. The number of benzene rings is 1. The minimum atomic E-state index is -0.0142. The summed E-state index contributed by atoms with van der Waals surface area (Å²) in [5.74, 6) is 0. The van der Waals surface area contributed by atoms with Gasteiger partial charge in [-0.3, -0.25) is 0 Å². The molecule has 0 radical (unpaired) electrons. The molecule has 2 nitrogen and oxygen atoms in total. The molecular formula is C12H16ClNO. The lowest BCUT2D eigenvalue weighted by atomic mass is 9.77. The Labute approximate surface area is 95.3 Å². The molecule has 15 heavy (non-hydrogen) atoms. The quantitative estimate of drug-likeness (QED) is 0.825.